The van der Waals surface area contributed by atoms with Gasteiger partial charge in [-0.2, -0.15) is 0 Å². The van der Waals surface area contributed by atoms with Crippen LogP contribution in [0, 0.1) is 11.3 Å². The van der Waals surface area contributed by atoms with E-state index in [0.717, 1.165) is 42.1 Å². The number of amides is 1. The Morgan fingerprint density at radius 3 is 2.55 bits per heavy atom. The molecule has 0 spiro atoms. The first-order valence-electron chi connectivity index (χ1n) is 11.6. The third kappa shape index (κ3) is 4.09. The number of nitrogens with zero attached hydrogens (tertiary/aromatic N) is 1. The minimum atomic E-state index is -0.720. The number of hydrogen-bond donors (Lipinski definition) is 2. The average molecular weight is 447 g/mol. The highest BCUT2D eigenvalue weighted by molar-refractivity contribution is 6.35. The van der Waals surface area contributed by atoms with Crippen molar-refractivity contribution in [3.8, 4) is 0 Å². The summed E-state index contributed by atoms with van der Waals surface area (Å²) in [5.74, 6) is -0.842. The lowest BCUT2D eigenvalue weighted by Gasteiger charge is -2.62. The lowest BCUT2D eigenvalue weighted by molar-refractivity contribution is -0.175. The van der Waals surface area contributed by atoms with Gasteiger partial charge in [0.15, 0.2) is 0 Å². The highest BCUT2D eigenvalue weighted by atomic mass is 35.5. The normalized spacial score (nSPS) is 26.5. The van der Waals surface area contributed by atoms with Crippen molar-refractivity contribution in [2.24, 2.45) is 11.3 Å². The summed E-state index contributed by atoms with van der Waals surface area (Å²) in [5, 5.41) is 11.2. The van der Waals surface area contributed by atoms with E-state index in [1.54, 1.807) is 0 Å². The molecule has 1 aromatic carbocycles. The molecule has 2 aliphatic heterocycles. The maximum Gasteiger partial charge on any atom is 0.306 e. The summed E-state index contributed by atoms with van der Waals surface area (Å²) in [6, 6.07) is 6.11. The molecule has 1 aliphatic carbocycles. The molecule has 3 heterocycles. The third-order valence-corrected chi connectivity index (χ3v) is 7.77. The molecular weight excluding hydrogens is 412 g/mol. The standard InChI is InChI=1S/C23H29ClN2O3.C2H6/c1-4-15-9-23(14(3)22(28)29)10-16(11-23)26(15)20(27)8-13(2)17-12-25-19-7-5-6-18(24)21(17)19;1-2/h5-7,12-16,25H,4,8-11H2,1-3H3,(H,28,29);1-2H3. The number of carboxylic acids is 1. The maximum atomic E-state index is 13.3. The minimum absolute atomic E-state index is 0.0540. The zero-order chi connectivity index (χ0) is 22.9. The lowest BCUT2D eigenvalue weighted by Crippen LogP contribution is -2.66. The molecule has 1 amide bonds. The summed E-state index contributed by atoms with van der Waals surface area (Å²) in [6.45, 7) is 10.00. The summed E-state index contributed by atoms with van der Waals surface area (Å²) in [4.78, 5) is 30.2. The van der Waals surface area contributed by atoms with E-state index in [0.29, 0.717) is 11.4 Å². The number of carbonyl (C=O) groups excluding carboxylic acids is 1. The van der Waals surface area contributed by atoms with Gasteiger partial charge in [0, 0.05) is 35.6 Å². The molecule has 31 heavy (non-hydrogen) atoms. The molecular formula is C25H35ClN2O3. The average Bonchev–Trinajstić information content (AvgIpc) is 3.19. The van der Waals surface area contributed by atoms with Crippen LogP contribution in [-0.4, -0.2) is 39.0 Å². The van der Waals surface area contributed by atoms with Crippen LogP contribution in [0.2, 0.25) is 5.02 Å². The highest BCUT2D eigenvalue weighted by Crippen LogP contribution is 2.58. The molecule has 3 aliphatic rings. The second-order valence-electron chi connectivity index (χ2n) is 9.06. The molecule has 5 rings (SSSR count). The predicted molar refractivity (Wildman–Crippen MR) is 125 cm³/mol. The first-order valence-corrected chi connectivity index (χ1v) is 11.9. The van der Waals surface area contributed by atoms with Crippen molar-refractivity contribution in [3.05, 3.63) is 35.0 Å². The molecule has 170 valence electrons. The van der Waals surface area contributed by atoms with E-state index in [1.807, 2.05) is 45.2 Å². The Balaban J connectivity index is 0.00000132. The number of aromatic amines is 1. The molecule has 2 aromatic rings. The minimum Gasteiger partial charge on any atom is -0.481 e. The van der Waals surface area contributed by atoms with Crippen LogP contribution >= 0.6 is 11.6 Å². The van der Waals surface area contributed by atoms with Crippen molar-refractivity contribution < 1.29 is 14.7 Å². The monoisotopic (exact) mass is 446 g/mol. The highest BCUT2D eigenvalue weighted by Gasteiger charge is 2.58. The van der Waals surface area contributed by atoms with E-state index in [1.165, 1.54) is 0 Å². The van der Waals surface area contributed by atoms with Crippen molar-refractivity contribution in [2.75, 3.05) is 0 Å². The molecule has 3 unspecified atom stereocenters. The van der Waals surface area contributed by atoms with Crippen molar-refractivity contribution in [1.82, 2.24) is 9.88 Å². The van der Waals surface area contributed by atoms with Crippen LogP contribution in [0.25, 0.3) is 10.9 Å². The van der Waals surface area contributed by atoms with E-state index >= 15 is 0 Å². The summed E-state index contributed by atoms with van der Waals surface area (Å²) in [5.41, 5.74) is 1.93. The number of fused-ring (bicyclic) bond motifs is 3. The smallest absolute Gasteiger partial charge is 0.306 e. The van der Waals surface area contributed by atoms with Crippen LogP contribution in [0.3, 0.4) is 0 Å². The maximum absolute atomic E-state index is 13.3. The summed E-state index contributed by atoms with van der Waals surface area (Å²) in [6.07, 6.45) is 5.69. The van der Waals surface area contributed by atoms with Crippen LogP contribution in [-0.2, 0) is 9.59 Å². The Morgan fingerprint density at radius 2 is 1.94 bits per heavy atom. The van der Waals surface area contributed by atoms with Gasteiger partial charge in [-0.05, 0) is 54.7 Å². The molecule has 6 heteroatoms. The summed E-state index contributed by atoms with van der Waals surface area (Å²) < 4.78 is 0. The van der Waals surface area contributed by atoms with Crippen LogP contribution in [0.5, 0.6) is 0 Å². The van der Waals surface area contributed by atoms with E-state index in [9.17, 15) is 14.7 Å². The number of carbonyl (C=O) groups is 2. The van der Waals surface area contributed by atoms with Gasteiger partial charge in [-0.25, -0.2) is 0 Å². The van der Waals surface area contributed by atoms with Crippen molar-refractivity contribution in [2.45, 2.75) is 84.7 Å². The Hall–Kier alpha value is -2.01. The van der Waals surface area contributed by atoms with Crippen LogP contribution in [0.1, 0.15) is 78.2 Å². The number of carboxylic acid groups (broad SMARTS) is 1. The molecule has 1 aromatic heterocycles. The number of aromatic nitrogens is 1. The fourth-order valence-corrected chi connectivity index (χ4v) is 5.96. The largest absolute Gasteiger partial charge is 0.481 e. The number of aliphatic carboxylic acids is 1. The summed E-state index contributed by atoms with van der Waals surface area (Å²) in [7, 11) is 0. The number of benzene rings is 1. The zero-order valence-corrected chi connectivity index (χ0v) is 20.0. The number of hydrogen-bond acceptors (Lipinski definition) is 2. The molecule has 2 bridgehead atoms. The first-order chi connectivity index (χ1) is 14.8. The Kier molecular flexibility index (Phi) is 7.04. The number of H-pyrrole nitrogens is 1. The fraction of sp³-hybridized carbons (Fsp3) is 0.600. The van der Waals surface area contributed by atoms with Crippen LogP contribution in [0.15, 0.2) is 24.4 Å². The zero-order valence-electron chi connectivity index (χ0n) is 19.2. The molecule has 0 radical (unpaired) electrons. The van der Waals surface area contributed by atoms with Gasteiger partial charge in [-0.15, -0.1) is 0 Å². The van der Waals surface area contributed by atoms with Crippen LogP contribution < -0.4 is 0 Å². The van der Waals surface area contributed by atoms with Crippen molar-refractivity contribution in [1.29, 1.82) is 0 Å². The third-order valence-electron chi connectivity index (χ3n) is 7.46. The van der Waals surface area contributed by atoms with Gasteiger partial charge in [-0.1, -0.05) is 52.3 Å². The van der Waals surface area contributed by atoms with Gasteiger partial charge in [-0.3, -0.25) is 9.59 Å². The van der Waals surface area contributed by atoms with Crippen LogP contribution in [0.4, 0.5) is 0 Å². The van der Waals surface area contributed by atoms with Gasteiger partial charge >= 0.3 is 5.97 Å². The first kappa shape index (κ1) is 23.6. The molecule has 3 atom stereocenters. The van der Waals surface area contributed by atoms with Gasteiger partial charge < -0.3 is 15.0 Å². The number of nitrogens with one attached hydrogen (secondary N) is 1. The van der Waals surface area contributed by atoms with Gasteiger partial charge in [0.1, 0.15) is 0 Å². The number of piperidine rings is 2. The molecule has 5 nitrogen and oxygen atoms in total. The van der Waals surface area contributed by atoms with E-state index < -0.39 is 5.97 Å². The SMILES string of the molecule is CC.CCC1CC2(C(C)C(=O)O)CC(C2)N1C(=O)CC(C)c1c[nH]c2cccc(Cl)c12. The van der Waals surface area contributed by atoms with Crippen molar-refractivity contribution >= 4 is 34.4 Å². The topological polar surface area (TPSA) is 73.4 Å². The van der Waals surface area contributed by atoms with Gasteiger partial charge in [0.05, 0.1) is 10.9 Å². The van der Waals surface area contributed by atoms with Gasteiger partial charge in [0.25, 0.3) is 0 Å². The fourth-order valence-electron chi connectivity index (χ4n) is 5.68. The Morgan fingerprint density at radius 1 is 1.26 bits per heavy atom. The summed E-state index contributed by atoms with van der Waals surface area (Å²) >= 11 is 6.42. The Labute approximate surface area is 190 Å². The van der Waals surface area contributed by atoms with E-state index in [-0.39, 0.29) is 35.2 Å². The van der Waals surface area contributed by atoms with E-state index in [4.69, 9.17) is 11.6 Å². The molecule has 2 N–H and O–H groups in total. The quantitative estimate of drug-likeness (QED) is 0.553. The second kappa shape index (κ2) is 9.23. The van der Waals surface area contributed by atoms with E-state index in [2.05, 4.69) is 23.7 Å². The molecule has 1 saturated carbocycles. The predicted octanol–water partition coefficient (Wildman–Crippen LogP) is 6.22. The lowest BCUT2D eigenvalue weighted by atomic mass is 9.52. The Bertz CT molecular complexity index is 947. The van der Waals surface area contributed by atoms with Gasteiger partial charge in [0.2, 0.25) is 5.91 Å². The number of rotatable bonds is 6. The molecule has 2 saturated heterocycles. The van der Waals surface area contributed by atoms with Crippen molar-refractivity contribution in [3.63, 3.8) is 0 Å². The molecule has 3 fully saturated rings. The number of halogens is 1. The second-order valence-corrected chi connectivity index (χ2v) is 9.47.